The molecule has 1 nitrogen and oxygen atoms in total. The van der Waals surface area contributed by atoms with E-state index in [9.17, 15) is 0 Å². The quantitative estimate of drug-likeness (QED) is 0.169. The maximum Gasteiger partial charge on any atom is 0.0714 e. The lowest BCUT2D eigenvalue weighted by Gasteiger charge is -2.34. The van der Waals surface area contributed by atoms with Crippen LogP contribution in [-0.4, -0.2) is 0 Å². The molecule has 0 saturated heterocycles. The summed E-state index contributed by atoms with van der Waals surface area (Å²) in [4.78, 5) is 2.45. The third-order valence-electron chi connectivity index (χ3n) is 13.1. The van der Waals surface area contributed by atoms with Gasteiger partial charge in [0.1, 0.15) is 0 Å². The first kappa shape index (κ1) is 33.4. The summed E-state index contributed by atoms with van der Waals surface area (Å²) in [5, 5.41) is 5.13. The minimum Gasteiger partial charge on any atom is -0.310 e. The minimum absolute atomic E-state index is 0.105. The molecule has 274 valence electrons. The van der Waals surface area contributed by atoms with Gasteiger partial charge in [-0.05, 0) is 103 Å². The lowest BCUT2D eigenvalue weighted by atomic mass is 9.67. The van der Waals surface area contributed by atoms with Crippen LogP contribution in [0.1, 0.15) is 47.2 Å². The Bertz CT molecular complexity index is 3260. The lowest BCUT2D eigenvalue weighted by molar-refractivity contribution is 0.660. The number of fused-ring (bicyclic) bond motifs is 11. The van der Waals surface area contributed by atoms with E-state index in [1.54, 1.807) is 0 Å². The first-order chi connectivity index (χ1) is 28.5. The smallest absolute Gasteiger partial charge is 0.0714 e. The van der Waals surface area contributed by atoms with Crippen LogP contribution in [0.5, 0.6) is 0 Å². The van der Waals surface area contributed by atoms with E-state index in [-0.39, 0.29) is 5.41 Å². The highest BCUT2D eigenvalue weighted by Gasteiger charge is 2.47. The summed E-state index contributed by atoms with van der Waals surface area (Å²) < 4.78 is 2.70. The molecule has 0 amide bonds. The van der Waals surface area contributed by atoms with Gasteiger partial charge >= 0.3 is 0 Å². The lowest BCUT2D eigenvalue weighted by Crippen LogP contribution is -2.28. The molecule has 0 spiro atoms. The molecule has 0 bridgehead atoms. The molecule has 0 aliphatic heterocycles. The van der Waals surface area contributed by atoms with Crippen LogP contribution in [0.2, 0.25) is 0 Å². The van der Waals surface area contributed by atoms with Crippen LogP contribution < -0.4 is 4.90 Å². The van der Waals surface area contributed by atoms with Crippen molar-refractivity contribution in [3.63, 3.8) is 0 Å². The van der Waals surface area contributed by atoms with Gasteiger partial charge in [0, 0.05) is 48.2 Å². The Kier molecular flexibility index (Phi) is 7.13. The van der Waals surface area contributed by atoms with Crippen molar-refractivity contribution in [2.45, 2.75) is 24.7 Å². The van der Waals surface area contributed by atoms with Crippen molar-refractivity contribution in [1.82, 2.24) is 0 Å². The van der Waals surface area contributed by atoms with E-state index in [1.807, 2.05) is 11.3 Å². The van der Waals surface area contributed by atoms with Crippen molar-refractivity contribution >= 4 is 59.3 Å². The molecule has 58 heavy (non-hydrogen) atoms. The normalized spacial score (nSPS) is 16.0. The average Bonchev–Trinajstić information content (AvgIpc) is 3.88. The van der Waals surface area contributed by atoms with Gasteiger partial charge in [-0.2, -0.15) is 0 Å². The van der Waals surface area contributed by atoms with Gasteiger partial charge in [0.25, 0.3) is 0 Å². The van der Waals surface area contributed by atoms with Gasteiger partial charge in [0.2, 0.25) is 0 Å². The minimum atomic E-state index is -0.493. The van der Waals surface area contributed by atoms with E-state index in [4.69, 9.17) is 0 Å². The zero-order chi connectivity index (χ0) is 38.6. The Morgan fingerprint density at radius 1 is 0.397 bits per heavy atom. The van der Waals surface area contributed by atoms with Crippen LogP contribution in [0.3, 0.4) is 0 Å². The van der Waals surface area contributed by atoms with Crippen LogP contribution >= 0.6 is 11.3 Å². The van der Waals surface area contributed by atoms with Crippen LogP contribution in [0.15, 0.2) is 200 Å². The van der Waals surface area contributed by atoms with Crippen LogP contribution in [-0.2, 0) is 10.8 Å². The number of benzene rings is 9. The fourth-order valence-electron chi connectivity index (χ4n) is 10.5. The number of hydrogen-bond donors (Lipinski definition) is 0. The van der Waals surface area contributed by atoms with Gasteiger partial charge < -0.3 is 4.90 Å². The third-order valence-corrected chi connectivity index (χ3v) is 14.3. The monoisotopic (exact) mass is 757 g/mol. The van der Waals surface area contributed by atoms with E-state index in [0.717, 1.165) is 17.1 Å². The molecule has 1 heterocycles. The molecule has 1 unspecified atom stereocenters. The van der Waals surface area contributed by atoms with Crippen LogP contribution in [0, 0.1) is 0 Å². The largest absolute Gasteiger partial charge is 0.310 e. The van der Waals surface area contributed by atoms with Crippen molar-refractivity contribution in [1.29, 1.82) is 0 Å². The summed E-state index contributed by atoms with van der Waals surface area (Å²) in [6.07, 6.45) is 0. The van der Waals surface area contributed by atoms with Gasteiger partial charge in [0.05, 0.1) is 5.41 Å². The van der Waals surface area contributed by atoms with Crippen molar-refractivity contribution in [3.05, 3.63) is 234 Å². The van der Waals surface area contributed by atoms with Crippen LogP contribution in [0.25, 0.3) is 53.2 Å². The van der Waals surface area contributed by atoms with E-state index in [2.05, 4.69) is 219 Å². The molecular formula is C56H39NS. The Morgan fingerprint density at radius 2 is 1.02 bits per heavy atom. The average molecular weight is 758 g/mol. The third kappa shape index (κ3) is 4.58. The molecule has 10 aromatic rings. The summed E-state index contributed by atoms with van der Waals surface area (Å²) >= 11 is 1.92. The molecule has 0 fully saturated rings. The fourth-order valence-corrected chi connectivity index (χ4v) is 11.7. The predicted molar refractivity (Wildman–Crippen MR) is 246 cm³/mol. The Labute approximate surface area is 343 Å². The van der Waals surface area contributed by atoms with E-state index in [0.29, 0.717) is 0 Å². The van der Waals surface area contributed by atoms with Crippen molar-refractivity contribution in [2.75, 3.05) is 4.90 Å². The fraction of sp³-hybridized carbons (Fsp3) is 0.0714. The highest BCUT2D eigenvalue weighted by Crippen LogP contribution is 2.59. The number of anilines is 3. The zero-order valence-corrected chi connectivity index (χ0v) is 33.2. The SMILES string of the molecule is CC1(C)c2ccccc2-c2ccc(N(c3ccc(C4(c5ccccc5)c5ccccc5-c5c4ccc4c5sc5ccccc54)cc3)c3ccc4ccccc4c3)cc21. The topological polar surface area (TPSA) is 3.24 Å². The van der Waals surface area contributed by atoms with E-state index in [1.165, 1.54) is 86.6 Å². The van der Waals surface area contributed by atoms with Gasteiger partial charge in [-0.3, -0.25) is 0 Å². The first-order valence-corrected chi connectivity index (χ1v) is 21.1. The standard InChI is InChI=1S/C56H39NS/c1-55(2)48-21-11-8-18-43(48)44-31-30-42(35-51(44)55)57(41-27-24-36-14-6-7-15-37(36)34-41)40-28-25-39(26-29-40)56(38-16-4-3-5-17-38)49-22-12-9-20-47(49)53-50(56)33-32-46-45-19-10-13-23-52(45)58-54(46)53/h3-35H,1-2H3. The maximum atomic E-state index is 2.45. The number of thiophene rings is 1. The van der Waals surface area contributed by atoms with Crippen LogP contribution in [0.4, 0.5) is 17.1 Å². The molecule has 2 heteroatoms. The summed E-state index contributed by atoms with van der Waals surface area (Å²) in [5.74, 6) is 0. The second-order valence-corrected chi connectivity index (χ2v) is 17.5. The molecule has 1 atom stereocenters. The number of nitrogens with zero attached hydrogens (tertiary/aromatic N) is 1. The molecule has 0 N–H and O–H groups in total. The second-order valence-electron chi connectivity index (χ2n) is 16.4. The molecule has 1 aromatic heterocycles. The van der Waals surface area contributed by atoms with Gasteiger partial charge in [-0.15, -0.1) is 11.3 Å². The summed E-state index contributed by atoms with van der Waals surface area (Å²) in [6.45, 7) is 4.73. The Hall–Kier alpha value is -6.74. The Morgan fingerprint density at radius 3 is 1.86 bits per heavy atom. The highest BCUT2D eigenvalue weighted by atomic mass is 32.1. The highest BCUT2D eigenvalue weighted by molar-refractivity contribution is 7.26. The van der Waals surface area contributed by atoms with Gasteiger partial charge in [0.15, 0.2) is 0 Å². The van der Waals surface area contributed by atoms with Crippen molar-refractivity contribution in [3.8, 4) is 22.3 Å². The molecule has 9 aromatic carbocycles. The molecule has 0 saturated carbocycles. The predicted octanol–water partition coefficient (Wildman–Crippen LogP) is 15.3. The molecular weight excluding hydrogens is 719 g/mol. The first-order valence-electron chi connectivity index (χ1n) is 20.3. The molecule has 0 radical (unpaired) electrons. The summed E-state index contributed by atoms with van der Waals surface area (Å²) in [7, 11) is 0. The van der Waals surface area contributed by atoms with E-state index < -0.39 is 5.41 Å². The second kappa shape index (κ2) is 12.4. The summed E-state index contributed by atoms with van der Waals surface area (Å²) in [5.41, 5.74) is 16.2. The molecule has 12 rings (SSSR count). The van der Waals surface area contributed by atoms with E-state index >= 15 is 0 Å². The number of rotatable bonds is 5. The number of hydrogen-bond acceptors (Lipinski definition) is 2. The molecule has 2 aliphatic carbocycles. The Balaban J connectivity index is 1.07. The van der Waals surface area contributed by atoms with Crippen molar-refractivity contribution < 1.29 is 0 Å². The summed E-state index contributed by atoms with van der Waals surface area (Å²) in [6, 6.07) is 74.9. The maximum absolute atomic E-state index is 2.45. The zero-order valence-electron chi connectivity index (χ0n) is 32.4. The molecule has 2 aliphatic rings. The van der Waals surface area contributed by atoms with Gasteiger partial charge in [-0.25, -0.2) is 0 Å². The van der Waals surface area contributed by atoms with Crippen molar-refractivity contribution in [2.24, 2.45) is 0 Å². The van der Waals surface area contributed by atoms with Gasteiger partial charge in [-0.1, -0.05) is 172 Å².